The smallest absolute Gasteiger partial charge is 0.347 e. The monoisotopic (exact) mass is 441 g/mol. The number of aliphatic carboxylic acids is 1. The van der Waals surface area contributed by atoms with Gasteiger partial charge in [0.25, 0.3) is 5.91 Å². The van der Waals surface area contributed by atoms with Crippen LogP contribution in [0.25, 0.3) is 0 Å². The van der Waals surface area contributed by atoms with E-state index in [1.165, 1.54) is 24.3 Å². The average molecular weight is 441 g/mol. The highest BCUT2D eigenvalue weighted by Crippen LogP contribution is 2.33. The van der Waals surface area contributed by atoms with Crippen LogP contribution < -0.4 is 10.1 Å². The molecule has 166 valence electrons. The van der Waals surface area contributed by atoms with E-state index in [1.54, 1.807) is 30.3 Å². The topological polar surface area (TPSA) is 116 Å². The van der Waals surface area contributed by atoms with E-state index in [2.05, 4.69) is 5.32 Å². The summed E-state index contributed by atoms with van der Waals surface area (Å²) >= 11 is 0. The highest BCUT2D eigenvalue weighted by molar-refractivity contribution is 5.99. The molecule has 0 saturated carbocycles. The zero-order chi connectivity index (χ0) is 22.8. The van der Waals surface area contributed by atoms with Gasteiger partial charge in [-0.15, -0.1) is 0 Å². The molecule has 4 rings (SSSR count). The van der Waals surface area contributed by atoms with E-state index in [0.29, 0.717) is 11.3 Å². The quantitative estimate of drug-likeness (QED) is 0.601. The number of hydrogen-bond acceptors (Lipinski definition) is 5. The van der Waals surface area contributed by atoms with Crippen LogP contribution in [0.3, 0.4) is 0 Å². The second-order valence-corrected chi connectivity index (χ2v) is 7.52. The van der Waals surface area contributed by atoms with Crippen molar-refractivity contribution < 1.29 is 33.4 Å². The van der Waals surface area contributed by atoms with Gasteiger partial charge in [0, 0.05) is 6.54 Å². The fraction of sp³-hybridized carbons (Fsp3) is 0.273. The molecule has 2 heterocycles. The first kappa shape index (κ1) is 21.3. The van der Waals surface area contributed by atoms with Gasteiger partial charge in [-0.25, -0.2) is 9.18 Å². The van der Waals surface area contributed by atoms with Crippen molar-refractivity contribution in [3.05, 3.63) is 66.0 Å². The van der Waals surface area contributed by atoms with Crippen molar-refractivity contribution in [2.45, 2.75) is 24.7 Å². The molecule has 2 fully saturated rings. The van der Waals surface area contributed by atoms with Crippen molar-refractivity contribution in [3.63, 3.8) is 0 Å². The number of rotatable bonds is 7. The van der Waals surface area contributed by atoms with Gasteiger partial charge in [-0.1, -0.05) is 30.3 Å². The molecule has 0 bridgehead atoms. The first-order valence-electron chi connectivity index (χ1n) is 9.91. The minimum atomic E-state index is -1.45. The number of nitrogens with zero attached hydrogens (tertiary/aromatic N) is 2. The Labute approximate surface area is 182 Å². The molecule has 3 atom stereocenters. The van der Waals surface area contributed by atoms with E-state index in [1.807, 2.05) is 0 Å². The number of para-hydroxylation sites is 1. The Kier molecular flexibility index (Phi) is 5.76. The molecule has 0 radical (unpaired) electrons. The van der Waals surface area contributed by atoms with Crippen LogP contribution in [0.4, 0.5) is 4.39 Å². The number of carboxylic acids is 1. The van der Waals surface area contributed by atoms with Crippen LogP contribution in [-0.4, -0.2) is 70.0 Å². The molecule has 2 aliphatic heterocycles. The maximum Gasteiger partial charge on any atom is 0.347 e. The molecule has 2 aromatic carbocycles. The van der Waals surface area contributed by atoms with Crippen LogP contribution in [0.1, 0.15) is 5.56 Å². The van der Waals surface area contributed by atoms with Crippen molar-refractivity contribution in [1.82, 2.24) is 15.1 Å². The third-order valence-electron chi connectivity index (χ3n) is 5.44. The normalized spacial score (nSPS) is 21.5. The number of carbonyl (C=O) groups is 4. The Morgan fingerprint density at radius 2 is 1.78 bits per heavy atom. The second-order valence-electron chi connectivity index (χ2n) is 7.52. The minimum absolute atomic E-state index is 0.0345. The van der Waals surface area contributed by atoms with Crippen molar-refractivity contribution in [2.75, 3.05) is 13.2 Å². The Morgan fingerprint density at radius 1 is 1.09 bits per heavy atom. The number of nitrogens with one attached hydrogen (secondary N) is 1. The Bertz CT molecular complexity index is 1050. The Hall–Kier alpha value is -3.95. The lowest BCUT2D eigenvalue weighted by Crippen LogP contribution is -2.71. The molecule has 0 aliphatic carbocycles. The van der Waals surface area contributed by atoms with Crippen LogP contribution in [-0.2, 0) is 25.6 Å². The summed E-state index contributed by atoms with van der Waals surface area (Å²) in [6.45, 7) is -0.344. The van der Waals surface area contributed by atoms with Crippen molar-refractivity contribution >= 4 is 23.7 Å². The van der Waals surface area contributed by atoms with E-state index >= 15 is 0 Å². The van der Waals surface area contributed by atoms with Gasteiger partial charge in [-0.05, 0) is 29.8 Å². The second kappa shape index (κ2) is 8.66. The molecule has 2 aromatic rings. The molecule has 0 spiro atoms. The zero-order valence-electron chi connectivity index (χ0n) is 16.8. The molecule has 9 nitrogen and oxygen atoms in total. The van der Waals surface area contributed by atoms with Crippen LogP contribution in [0.5, 0.6) is 5.75 Å². The molecule has 2 aliphatic rings. The van der Waals surface area contributed by atoms with Crippen LogP contribution in [0.2, 0.25) is 0 Å². The van der Waals surface area contributed by atoms with Crippen LogP contribution in [0.15, 0.2) is 54.6 Å². The SMILES string of the molecule is O=C(COc1ccccc1)N[C@H]1C(=O)N2C1CN(C(=O)Cc1ccc(F)cc1)C2C(=O)O. The third kappa shape index (κ3) is 4.11. The number of ether oxygens (including phenoxy) is 1. The molecule has 2 N–H and O–H groups in total. The minimum Gasteiger partial charge on any atom is -0.484 e. The fourth-order valence-electron chi connectivity index (χ4n) is 3.92. The number of benzene rings is 2. The molecule has 3 amide bonds. The van der Waals surface area contributed by atoms with Gasteiger partial charge >= 0.3 is 5.97 Å². The zero-order valence-corrected chi connectivity index (χ0v) is 16.8. The summed E-state index contributed by atoms with van der Waals surface area (Å²) in [7, 11) is 0. The number of fused-ring (bicyclic) bond motifs is 1. The summed E-state index contributed by atoms with van der Waals surface area (Å²) in [5.41, 5.74) is 0.518. The van der Waals surface area contributed by atoms with Gasteiger partial charge < -0.3 is 25.0 Å². The van der Waals surface area contributed by atoms with Crippen LogP contribution in [0, 0.1) is 5.82 Å². The Morgan fingerprint density at radius 3 is 2.44 bits per heavy atom. The molecule has 2 saturated heterocycles. The van der Waals surface area contributed by atoms with E-state index in [-0.39, 0.29) is 19.6 Å². The number of hydrogen-bond donors (Lipinski definition) is 2. The Balaban J connectivity index is 1.39. The first-order valence-corrected chi connectivity index (χ1v) is 9.91. The standard InChI is InChI=1S/C22H20FN3O6/c23-14-8-6-13(7-9-14)10-18(28)25-11-16-19(21(29)26(16)20(25)22(30)31)24-17(27)12-32-15-4-2-1-3-5-15/h1-9,16,19-20H,10-12H2,(H,24,27)(H,30,31)/t16?,19-,20?/m1/s1. The maximum absolute atomic E-state index is 13.1. The van der Waals surface area contributed by atoms with Gasteiger partial charge in [0.2, 0.25) is 18.0 Å². The molecular weight excluding hydrogens is 421 g/mol. The van der Waals surface area contributed by atoms with Gasteiger partial charge in [0.15, 0.2) is 6.61 Å². The van der Waals surface area contributed by atoms with E-state index in [9.17, 15) is 28.7 Å². The largest absolute Gasteiger partial charge is 0.484 e. The van der Waals surface area contributed by atoms with Crippen molar-refractivity contribution in [2.24, 2.45) is 0 Å². The summed E-state index contributed by atoms with van der Waals surface area (Å²) in [5.74, 6) is -2.92. The number of β-lactam (4-membered cyclic amide) rings is 1. The average Bonchev–Trinajstić information content (AvgIpc) is 3.15. The lowest BCUT2D eigenvalue weighted by atomic mass is 9.96. The molecular formula is C22H20FN3O6. The first-order chi connectivity index (χ1) is 15.3. The number of carboxylic acid groups (broad SMARTS) is 1. The lowest BCUT2D eigenvalue weighted by Gasteiger charge is -2.43. The summed E-state index contributed by atoms with van der Waals surface area (Å²) in [4.78, 5) is 51.5. The lowest BCUT2D eigenvalue weighted by molar-refractivity contribution is -0.166. The number of carbonyl (C=O) groups excluding carboxylic acids is 3. The molecule has 2 unspecified atom stereocenters. The van der Waals surface area contributed by atoms with E-state index in [0.717, 1.165) is 9.80 Å². The van der Waals surface area contributed by atoms with E-state index in [4.69, 9.17) is 4.74 Å². The highest BCUT2D eigenvalue weighted by atomic mass is 19.1. The number of amides is 3. The summed E-state index contributed by atoms with van der Waals surface area (Å²) in [5, 5.41) is 12.2. The summed E-state index contributed by atoms with van der Waals surface area (Å²) < 4.78 is 18.4. The predicted molar refractivity (Wildman–Crippen MR) is 108 cm³/mol. The number of halogens is 1. The summed E-state index contributed by atoms with van der Waals surface area (Å²) in [6, 6.07) is 12.4. The van der Waals surface area contributed by atoms with Gasteiger partial charge in [-0.3, -0.25) is 14.4 Å². The van der Waals surface area contributed by atoms with Gasteiger partial charge in [0.1, 0.15) is 17.6 Å². The van der Waals surface area contributed by atoms with Crippen molar-refractivity contribution in [3.8, 4) is 5.75 Å². The maximum atomic E-state index is 13.1. The van der Waals surface area contributed by atoms with Gasteiger partial charge in [0.05, 0.1) is 12.5 Å². The van der Waals surface area contributed by atoms with Crippen molar-refractivity contribution in [1.29, 1.82) is 0 Å². The molecule has 10 heteroatoms. The van der Waals surface area contributed by atoms with Crippen LogP contribution >= 0.6 is 0 Å². The summed E-state index contributed by atoms with van der Waals surface area (Å²) in [6.07, 6.45) is -1.59. The third-order valence-corrected chi connectivity index (χ3v) is 5.44. The van der Waals surface area contributed by atoms with E-state index < -0.39 is 47.8 Å². The van der Waals surface area contributed by atoms with Gasteiger partial charge in [-0.2, -0.15) is 0 Å². The highest BCUT2D eigenvalue weighted by Gasteiger charge is 2.60. The molecule has 32 heavy (non-hydrogen) atoms. The predicted octanol–water partition coefficient (Wildman–Crippen LogP) is 0.396. The fourth-order valence-corrected chi connectivity index (χ4v) is 3.92. The molecule has 0 aromatic heterocycles.